The molecule has 0 aromatic carbocycles. The van der Waals surface area contributed by atoms with Crippen LogP contribution in [0.5, 0.6) is 0 Å². The quantitative estimate of drug-likeness (QED) is 0.733. The second kappa shape index (κ2) is 7.36. The maximum Gasteiger partial charge on any atom is 0.433 e. The standard InChI is InChI=1S/C17H20F3N5O4S/c18-17(19,20)13-6-14(22-10-21-13)25-4-1-3-16(9-25)7-12(24-29-16)15(26)23-11-2-5-30(27,28)8-11/h6,10-11H,1-5,7-9H2,(H,23,26). The van der Waals surface area contributed by atoms with Gasteiger partial charge in [-0.1, -0.05) is 5.16 Å². The van der Waals surface area contributed by atoms with Crippen molar-refractivity contribution in [2.75, 3.05) is 29.5 Å². The van der Waals surface area contributed by atoms with Crippen LogP contribution in [0.1, 0.15) is 31.4 Å². The van der Waals surface area contributed by atoms with Gasteiger partial charge in [0.2, 0.25) is 0 Å². The van der Waals surface area contributed by atoms with Gasteiger partial charge in [0.15, 0.2) is 15.4 Å². The van der Waals surface area contributed by atoms with Crippen molar-refractivity contribution >= 4 is 27.3 Å². The minimum absolute atomic E-state index is 0.0403. The van der Waals surface area contributed by atoms with E-state index in [0.29, 0.717) is 25.8 Å². The molecular formula is C17H20F3N5O4S. The number of carbonyl (C=O) groups is 1. The van der Waals surface area contributed by atoms with Crippen LogP contribution in [0.2, 0.25) is 0 Å². The van der Waals surface area contributed by atoms with Crippen LogP contribution in [-0.2, 0) is 25.6 Å². The fourth-order valence-electron chi connectivity index (χ4n) is 4.01. The lowest BCUT2D eigenvalue weighted by atomic mass is 9.88. The minimum atomic E-state index is -4.57. The van der Waals surface area contributed by atoms with Gasteiger partial charge in [-0.25, -0.2) is 18.4 Å². The first kappa shape index (κ1) is 20.8. The fourth-order valence-corrected chi connectivity index (χ4v) is 5.68. The van der Waals surface area contributed by atoms with Gasteiger partial charge in [-0.15, -0.1) is 0 Å². The minimum Gasteiger partial charge on any atom is -0.386 e. The van der Waals surface area contributed by atoms with E-state index in [1.54, 1.807) is 4.90 Å². The zero-order valence-corrected chi connectivity index (χ0v) is 16.7. The second-order valence-electron chi connectivity index (χ2n) is 7.85. The molecule has 0 saturated carbocycles. The van der Waals surface area contributed by atoms with Crippen LogP contribution in [0, 0.1) is 0 Å². The lowest BCUT2D eigenvalue weighted by Crippen LogP contribution is -2.49. The van der Waals surface area contributed by atoms with Gasteiger partial charge in [-0.2, -0.15) is 13.2 Å². The number of hydrogen-bond donors (Lipinski definition) is 1. The first-order chi connectivity index (χ1) is 14.1. The van der Waals surface area contributed by atoms with Gasteiger partial charge in [-0.3, -0.25) is 4.79 Å². The predicted octanol–water partition coefficient (Wildman–Crippen LogP) is 0.914. The summed E-state index contributed by atoms with van der Waals surface area (Å²) in [5.41, 5.74) is -1.71. The van der Waals surface area contributed by atoms with Crippen LogP contribution in [0.25, 0.3) is 0 Å². The average molecular weight is 447 g/mol. The van der Waals surface area contributed by atoms with Crippen molar-refractivity contribution in [2.45, 2.75) is 43.5 Å². The molecule has 2 fully saturated rings. The number of amides is 1. The summed E-state index contributed by atoms with van der Waals surface area (Å²) in [6.07, 6.45) is -1.95. The maximum absolute atomic E-state index is 13.0. The number of anilines is 1. The van der Waals surface area contributed by atoms with Crippen molar-refractivity contribution in [2.24, 2.45) is 5.16 Å². The van der Waals surface area contributed by atoms with Gasteiger partial charge in [0.1, 0.15) is 23.6 Å². The molecule has 2 atom stereocenters. The third-order valence-corrected chi connectivity index (χ3v) is 7.24. The van der Waals surface area contributed by atoms with Crippen molar-refractivity contribution in [3.63, 3.8) is 0 Å². The van der Waals surface area contributed by atoms with Crippen molar-refractivity contribution in [1.29, 1.82) is 0 Å². The Balaban J connectivity index is 1.41. The maximum atomic E-state index is 13.0. The van der Waals surface area contributed by atoms with Gasteiger partial charge in [0.05, 0.1) is 18.1 Å². The van der Waals surface area contributed by atoms with Crippen LogP contribution in [-0.4, -0.2) is 66.2 Å². The van der Waals surface area contributed by atoms with Crippen molar-refractivity contribution in [3.05, 3.63) is 18.1 Å². The molecule has 1 amide bonds. The van der Waals surface area contributed by atoms with Gasteiger partial charge in [0.25, 0.3) is 5.91 Å². The van der Waals surface area contributed by atoms with Crippen LogP contribution < -0.4 is 10.2 Å². The molecule has 0 aliphatic carbocycles. The normalized spacial score (nSPS) is 28.3. The molecule has 3 aliphatic heterocycles. The Labute approximate surface area is 170 Å². The molecule has 13 heteroatoms. The summed E-state index contributed by atoms with van der Waals surface area (Å²) in [5, 5.41) is 6.57. The molecule has 2 saturated heterocycles. The Bertz CT molecular complexity index is 984. The number of oxime groups is 1. The molecule has 0 radical (unpaired) electrons. The van der Waals surface area contributed by atoms with E-state index < -0.39 is 39.3 Å². The number of alkyl halides is 3. The summed E-state index contributed by atoms with van der Waals surface area (Å²) in [6.45, 7) is 0.709. The topological polar surface area (TPSA) is 114 Å². The van der Waals surface area contributed by atoms with E-state index in [0.717, 1.165) is 12.4 Å². The first-order valence-corrected chi connectivity index (χ1v) is 11.3. The Morgan fingerprint density at radius 3 is 2.83 bits per heavy atom. The summed E-state index contributed by atoms with van der Waals surface area (Å²) >= 11 is 0. The number of nitrogens with one attached hydrogen (secondary N) is 1. The zero-order valence-electron chi connectivity index (χ0n) is 15.9. The van der Waals surface area contributed by atoms with Crippen molar-refractivity contribution < 1.29 is 31.2 Å². The largest absolute Gasteiger partial charge is 0.433 e. The molecule has 1 N–H and O–H groups in total. The number of nitrogens with zero attached hydrogens (tertiary/aromatic N) is 4. The highest BCUT2D eigenvalue weighted by atomic mass is 32.2. The summed E-state index contributed by atoms with van der Waals surface area (Å²) < 4.78 is 62.0. The molecule has 0 bridgehead atoms. The molecule has 3 aliphatic rings. The highest BCUT2D eigenvalue weighted by molar-refractivity contribution is 7.91. The lowest BCUT2D eigenvalue weighted by Gasteiger charge is -2.38. The molecule has 9 nitrogen and oxygen atoms in total. The molecule has 1 aromatic heterocycles. The van der Waals surface area contributed by atoms with E-state index in [4.69, 9.17) is 4.84 Å². The summed E-state index contributed by atoms with van der Waals surface area (Å²) in [7, 11) is -3.13. The molecule has 164 valence electrons. The van der Waals surface area contributed by atoms with E-state index in [1.165, 1.54) is 0 Å². The smallest absolute Gasteiger partial charge is 0.386 e. The monoisotopic (exact) mass is 447 g/mol. The number of sulfone groups is 1. The average Bonchev–Trinajstić information content (AvgIpc) is 3.24. The van der Waals surface area contributed by atoms with Gasteiger partial charge in [-0.05, 0) is 19.3 Å². The van der Waals surface area contributed by atoms with Crippen LogP contribution in [0.4, 0.5) is 19.0 Å². The van der Waals surface area contributed by atoms with E-state index in [1.807, 2.05) is 0 Å². The van der Waals surface area contributed by atoms with Crippen molar-refractivity contribution in [1.82, 2.24) is 15.3 Å². The fraction of sp³-hybridized carbons (Fsp3) is 0.647. The van der Waals surface area contributed by atoms with E-state index in [9.17, 15) is 26.4 Å². The highest BCUT2D eigenvalue weighted by Crippen LogP contribution is 2.36. The number of carbonyl (C=O) groups excluding carboxylic acids is 1. The van der Waals surface area contributed by atoms with E-state index in [2.05, 4.69) is 20.4 Å². The molecule has 4 rings (SSSR count). The molecule has 4 heterocycles. The molecular weight excluding hydrogens is 427 g/mol. The SMILES string of the molecule is O=C(NC1CCS(=O)(=O)C1)C1=NOC2(CCCN(c3cc(C(F)(F)F)ncn3)C2)C1. The second-order valence-corrected chi connectivity index (χ2v) is 10.1. The Morgan fingerprint density at radius 2 is 2.13 bits per heavy atom. The molecule has 2 unspecified atom stereocenters. The van der Waals surface area contributed by atoms with E-state index in [-0.39, 0.29) is 36.0 Å². The lowest BCUT2D eigenvalue weighted by molar-refractivity contribution is -0.141. The molecule has 30 heavy (non-hydrogen) atoms. The molecule has 1 spiro atoms. The Kier molecular flexibility index (Phi) is 5.11. The third-order valence-electron chi connectivity index (χ3n) is 5.48. The highest BCUT2D eigenvalue weighted by Gasteiger charge is 2.45. The number of halogens is 3. The third kappa shape index (κ3) is 4.35. The Hall–Kier alpha value is -2.44. The van der Waals surface area contributed by atoms with E-state index >= 15 is 0 Å². The summed E-state index contributed by atoms with van der Waals surface area (Å²) in [5.74, 6) is -0.402. The number of aromatic nitrogens is 2. The van der Waals surface area contributed by atoms with Gasteiger partial charge < -0.3 is 15.1 Å². The summed E-state index contributed by atoms with van der Waals surface area (Å²) in [4.78, 5) is 26.9. The molecule has 1 aromatic rings. The number of rotatable bonds is 3. The van der Waals surface area contributed by atoms with Crippen LogP contribution in [0.3, 0.4) is 0 Å². The number of piperidine rings is 1. The van der Waals surface area contributed by atoms with Crippen molar-refractivity contribution in [3.8, 4) is 0 Å². The zero-order chi connectivity index (χ0) is 21.6. The number of hydrogen-bond acceptors (Lipinski definition) is 8. The van der Waals surface area contributed by atoms with Crippen LogP contribution >= 0.6 is 0 Å². The van der Waals surface area contributed by atoms with Crippen LogP contribution in [0.15, 0.2) is 17.5 Å². The summed E-state index contributed by atoms with van der Waals surface area (Å²) in [6, 6.07) is 0.439. The Morgan fingerprint density at radius 1 is 1.33 bits per heavy atom. The van der Waals surface area contributed by atoms with Gasteiger partial charge >= 0.3 is 6.18 Å². The van der Waals surface area contributed by atoms with Gasteiger partial charge in [0, 0.05) is 25.1 Å². The first-order valence-electron chi connectivity index (χ1n) is 9.46. The predicted molar refractivity (Wildman–Crippen MR) is 99.6 cm³/mol.